The van der Waals surface area contributed by atoms with E-state index in [1.165, 1.54) is 0 Å². The first-order valence-corrected chi connectivity index (χ1v) is 6.33. The first-order chi connectivity index (χ1) is 9.86. The summed E-state index contributed by atoms with van der Waals surface area (Å²) in [6, 6.07) is 3.77. The second kappa shape index (κ2) is 5.52. The smallest absolute Gasteiger partial charge is 0.234 e. The van der Waals surface area contributed by atoms with E-state index in [1.54, 1.807) is 29.3 Å². The van der Waals surface area contributed by atoms with Crippen LogP contribution in [-0.2, 0) is 6.54 Å². The molecule has 0 spiro atoms. The lowest BCUT2D eigenvalue weighted by atomic mass is 10.4. The zero-order valence-electron chi connectivity index (χ0n) is 11.0. The Labute approximate surface area is 115 Å². The first-order valence-electron chi connectivity index (χ1n) is 6.33. The van der Waals surface area contributed by atoms with Crippen LogP contribution in [0.15, 0.2) is 36.9 Å². The maximum Gasteiger partial charge on any atom is 0.234 e. The predicted molar refractivity (Wildman–Crippen MR) is 73.5 cm³/mol. The fraction of sp³-hybridized carbons (Fsp3) is 0.231. The molecule has 3 rings (SSSR count). The van der Waals surface area contributed by atoms with Gasteiger partial charge in [-0.25, -0.2) is 9.50 Å². The van der Waals surface area contributed by atoms with E-state index in [-0.39, 0.29) is 0 Å². The molecule has 102 valence electrons. The van der Waals surface area contributed by atoms with Gasteiger partial charge in [0.1, 0.15) is 5.82 Å². The number of fused-ring (bicyclic) bond motifs is 1. The number of anilines is 1. The third-order valence-electron chi connectivity index (χ3n) is 2.72. The Balaban J connectivity index is 1.76. The number of ether oxygens (including phenoxy) is 1. The molecule has 0 aliphatic heterocycles. The van der Waals surface area contributed by atoms with E-state index in [0.717, 1.165) is 11.3 Å². The molecule has 0 aromatic carbocycles. The number of nitrogens with zero attached hydrogens (tertiary/aromatic N) is 5. The maximum absolute atomic E-state index is 5.32. The van der Waals surface area contributed by atoms with Crippen LogP contribution in [0.1, 0.15) is 12.6 Å². The largest absolute Gasteiger partial charge is 0.477 e. The number of hydrogen-bond donors (Lipinski definition) is 1. The Bertz CT molecular complexity index is 711. The minimum Gasteiger partial charge on any atom is -0.477 e. The van der Waals surface area contributed by atoms with Crippen LogP contribution < -0.4 is 10.1 Å². The minimum atomic E-state index is 0.511. The van der Waals surface area contributed by atoms with Crippen molar-refractivity contribution >= 4 is 11.5 Å². The standard InChI is InChI=1S/C13H14N6O/c1-2-20-13-9-14-8-11(18-13)16-7-10-3-5-15-12-4-6-17-19(10)12/h3-6,8-9H,2,7H2,1H3,(H,16,18). The molecule has 0 radical (unpaired) electrons. The van der Waals surface area contributed by atoms with E-state index in [9.17, 15) is 0 Å². The average molecular weight is 270 g/mol. The minimum absolute atomic E-state index is 0.511. The van der Waals surface area contributed by atoms with Gasteiger partial charge in [-0.1, -0.05) is 0 Å². The topological polar surface area (TPSA) is 77.2 Å². The zero-order valence-corrected chi connectivity index (χ0v) is 11.0. The Morgan fingerprint density at radius 2 is 2.20 bits per heavy atom. The first kappa shape index (κ1) is 12.3. The quantitative estimate of drug-likeness (QED) is 0.757. The summed E-state index contributed by atoms with van der Waals surface area (Å²) < 4.78 is 7.10. The summed E-state index contributed by atoms with van der Waals surface area (Å²) in [4.78, 5) is 12.6. The van der Waals surface area contributed by atoms with Crippen molar-refractivity contribution in [2.75, 3.05) is 11.9 Å². The van der Waals surface area contributed by atoms with Crippen LogP contribution in [0.4, 0.5) is 5.82 Å². The fourth-order valence-electron chi connectivity index (χ4n) is 1.85. The van der Waals surface area contributed by atoms with E-state index in [1.807, 2.05) is 19.1 Å². The summed E-state index contributed by atoms with van der Waals surface area (Å²) in [5, 5.41) is 7.43. The summed E-state index contributed by atoms with van der Waals surface area (Å²) in [5.74, 6) is 1.17. The van der Waals surface area contributed by atoms with Gasteiger partial charge in [-0.15, -0.1) is 0 Å². The van der Waals surface area contributed by atoms with Gasteiger partial charge in [-0.2, -0.15) is 10.1 Å². The molecule has 0 aliphatic carbocycles. The summed E-state index contributed by atoms with van der Waals surface area (Å²) >= 11 is 0. The van der Waals surface area contributed by atoms with Crippen LogP contribution >= 0.6 is 0 Å². The molecule has 7 heteroatoms. The molecule has 3 heterocycles. The monoisotopic (exact) mass is 270 g/mol. The van der Waals surface area contributed by atoms with Gasteiger partial charge in [0, 0.05) is 12.3 Å². The van der Waals surface area contributed by atoms with E-state index < -0.39 is 0 Å². The molecule has 0 saturated heterocycles. The van der Waals surface area contributed by atoms with Crippen molar-refractivity contribution in [3.05, 3.63) is 42.6 Å². The Kier molecular flexibility index (Phi) is 3.40. The highest BCUT2D eigenvalue weighted by atomic mass is 16.5. The number of aromatic nitrogens is 5. The van der Waals surface area contributed by atoms with E-state index >= 15 is 0 Å². The molecule has 0 aliphatic rings. The van der Waals surface area contributed by atoms with Gasteiger partial charge in [0.25, 0.3) is 0 Å². The molecule has 0 fully saturated rings. The second-order valence-corrected chi connectivity index (χ2v) is 4.07. The SMILES string of the molecule is CCOc1cncc(NCc2ccnc3ccnn23)n1. The van der Waals surface area contributed by atoms with Crippen molar-refractivity contribution < 1.29 is 4.74 Å². The van der Waals surface area contributed by atoms with Crippen LogP contribution in [0, 0.1) is 0 Å². The number of hydrogen-bond acceptors (Lipinski definition) is 6. The van der Waals surface area contributed by atoms with Crippen molar-refractivity contribution in [2.45, 2.75) is 13.5 Å². The van der Waals surface area contributed by atoms with Gasteiger partial charge in [0.2, 0.25) is 5.88 Å². The molecule has 3 aromatic rings. The lowest BCUT2D eigenvalue weighted by Gasteiger charge is -2.08. The number of nitrogens with one attached hydrogen (secondary N) is 1. The Morgan fingerprint density at radius 1 is 1.25 bits per heavy atom. The molecule has 1 N–H and O–H groups in total. The fourth-order valence-corrected chi connectivity index (χ4v) is 1.85. The summed E-state index contributed by atoms with van der Waals surface area (Å²) in [6.07, 6.45) is 6.73. The highest BCUT2D eigenvalue weighted by molar-refractivity contribution is 5.38. The molecule has 0 atom stereocenters. The summed E-state index contributed by atoms with van der Waals surface area (Å²) in [6.45, 7) is 3.05. The van der Waals surface area contributed by atoms with Crippen molar-refractivity contribution in [2.24, 2.45) is 0 Å². The van der Waals surface area contributed by atoms with E-state index in [4.69, 9.17) is 4.74 Å². The van der Waals surface area contributed by atoms with Gasteiger partial charge >= 0.3 is 0 Å². The molecule has 0 amide bonds. The Hall–Kier alpha value is -2.70. The molecular formula is C13H14N6O. The van der Waals surface area contributed by atoms with Crippen LogP contribution in [0.3, 0.4) is 0 Å². The molecule has 20 heavy (non-hydrogen) atoms. The highest BCUT2D eigenvalue weighted by Gasteiger charge is 2.03. The second-order valence-electron chi connectivity index (χ2n) is 4.07. The Morgan fingerprint density at radius 3 is 3.10 bits per heavy atom. The third-order valence-corrected chi connectivity index (χ3v) is 2.72. The van der Waals surface area contributed by atoms with Gasteiger partial charge in [-0.05, 0) is 13.0 Å². The van der Waals surface area contributed by atoms with E-state index in [0.29, 0.717) is 24.8 Å². The normalized spacial score (nSPS) is 10.7. The van der Waals surface area contributed by atoms with Crippen molar-refractivity contribution in [1.29, 1.82) is 0 Å². The molecule has 0 bridgehead atoms. The lowest BCUT2D eigenvalue weighted by molar-refractivity contribution is 0.325. The number of rotatable bonds is 5. The van der Waals surface area contributed by atoms with Crippen LogP contribution in [0.5, 0.6) is 5.88 Å². The molecule has 7 nitrogen and oxygen atoms in total. The molecule has 0 unspecified atom stereocenters. The maximum atomic E-state index is 5.32. The molecule has 0 saturated carbocycles. The van der Waals surface area contributed by atoms with E-state index in [2.05, 4.69) is 25.4 Å². The van der Waals surface area contributed by atoms with Crippen molar-refractivity contribution in [3.63, 3.8) is 0 Å². The van der Waals surface area contributed by atoms with Crippen LogP contribution in [-0.4, -0.2) is 31.2 Å². The van der Waals surface area contributed by atoms with Gasteiger partial charge in [-0.3, -0.25) is 4.98 Å². The summed E-state index contributed by atoms with van der Waals surface area (Å²) in [7, 11) is 0. The predicted octanol–water partition coefficient (Wildman–Crippen LogP) is 1.53. The zero-order chi connectivity index (χ0) is 13.8. The average Bonchev–Trinajstić information content (AvgIpc) is 2.95. The molecular weight excluding hydrogens is 256 g/mol. The molecule has 3 aromatic heterocycles. The van der Waals surface area contributed by atoms with Crippen LogP contribution in [0.25, 0.3) is 5.65 Å². The van der Waals surface area contributed by atoms with Crippen LogP contribution in [0.2, 0.25) is 0 Å². The summed E-state index contributed by atoms with van der Waals surface area (Å²) in [5.41, 5.74) is 1.81. The van der Waals surface area contributed by atoms with Crippen molar-refractivity contribution in [1.82, 2.24) is 24.6 Å². The third kappa shape index (κ3) is 2.51. The van der Waals surface area contributed by atoms with Gasteiger partial charge in [0.05, 0.1) is 37.4 Å². The lowest BCUT2D eigenvalue weighted by Crippen LogP contribution is -2.08. The van der Waals surface area contributed by atoms with Gasteiger partial charge in [0.15, 0.2) is 5.65 Å². The highest BCUT2D eigenvalue weighted by Crippen LogP contribution is 2.10. The van der Waals surface area contributed by atoms with Crippen molar-refractivity contribution in [3.8, 4) is 5.88 Å². The van der Waals surface area contributed by atoms with Gasteiger partial charge < -0.3 is 10.1 Å².